The molecule has 0 unspecified atom stereocenters. The van der Waals surface area contributed by atoms with E-state index in [2.05, 4.69) is 16.0 Å². The van der Waals surface area contributed by atoms with Gasteiger partial charge in [0.25, 0.3) is 0 Å². The highest BCUT2D eigenvalue weighted by atomic mass is 32.3. The Balaban J connectivity index is 2.81. The van der Waals surface area contributed by atoms with Gasteiger partial charge in [-0.05, 0) is 25.7 Å². The first-order valence-corrected chi connectivity index (χ1v) is 9.75. The van der Waals surface area contributed by atoms with Crippen molar-refractivity contribution >= 4 is 27.2 Å². The van der Waals surface area contributed by atoms with Gasteiger partial charge in [-0.2, -0.15) is 8.42 Å². The number of allylic oxidation sites excluding steroid dienone is 1. The van der Waals surface area contributed by atoms with E-state index in [1.165, 1.54) is 0 Å². The fourth-order valence-electron chi connectivity index (χ4n) is 2.08. The first-order chi connectivity index (χ1) is 11.7. The number of ether oxygens (including phenoxy) is 1. The first-order valence-electron chi connectivity index (χ1n) is 7.50. The van der Waals surface area contributed by atoms with E-state index in [1.807, 2.05) is 0 Å². The molecule has 0 aromatic rings. The lowest BCUT2D eigenvalue weighted by Crippen LogP contribution is -2.57. The second kappa shape index (κ2) is 10.4. The van der Waals surface area contributed by atoms with Crippen LogP contribution in [0.5, 0.6) is 0 Å². The van der Waals surface area contributed by atoms with Gasteiger partial charge in [-0.3, -0.25) is 4.55 Å². The van der Waals surface area contributed by atoms with Crippen LogP contribution in [0.4, 0.5) is 0 Å². The number of nitrogens with zero attached hydrogens (tertiary/aromatic N) is 1. The Hall–Kier alpha value is -0.730. The number of rotatable bonds is 9. The van der Waals surface area contributed by atoms with Gasteiger partial charge in [0.15, 0.2) is 0 Å². The van der Waals surface area contributed by atoms with Crippen LogP contribution in [0.2, 0.25) is 0 Å². The molecule has 1 fully saturated rings. The fourth-order valence-corrected chi connectivity index (χ4v) is 3.42. The topological polar surface area (TPSA) is 166 Å². The summed E-state index contributed by atoms with van der Waals surface area (Å²) in [6.07, 6.45) is -1.64. The third-order valence-electron chi connectivity index (χ3n) is 3.38. The summed E-state index contributed by atoms with van der Waals surface area (Å²) in [5.41, 5.74) is -1.13. The molecule has 1 saturated heterocycles. The number of aliphatic hydroxyl groups excluding tert-OH is 4. The second-order valence-electron chi connectivity index (χ2n) is 5.34. The zero-order chi connectivity index (χ0) is 19.0. The van der Waals surface area contributed by atoms with Crippen molar-refractivity contribution in [1.82, 2.24) is 0 Å². The van der Waals surface area contributed by atoms with E-state index in [9.17, 15) is 23.7 Å². The number of oxime groups is 1. The molecular weight excluding hydrogens is 378 g/mol. The van der Waals surface area contributed by atoms with E-state index < -0.39 is 46.9 Å². The highest BCUT2D eigenvalue weighted by Gasteiger charge is 2.44. The van der Waals surface area contributed by atoms with Crippen LogP contribution in [-0.2, 0) is 19.4 Å². The van der Waals surface area contributed by atoms with Crippen LogP contribution < -0.4 is 0 Å². The molecule has 1 rings (SSSR count). The van der Waals surface area contributed by atoms with Crippen LogP contribution in [-0.4, -0.2) is 74.9 Å². The average Bonchev–Trinajstić information content (AvgIpc) is 2.55. The Morgan fingerprint density at radius 2 is 1.92 bits per heavy atom. The summed E-state index contributed by atoms with van der Waals surface area (Å²) < 4.78 is 39.3. The summed E-state index contributed by atoms with van der Waals surface area (Å²) in [6, 6.07) is 0. The molecule has 0 bridgehead atoms. The smallest absolute Gasteiger partial charge is 0.394 e. The molecule has 0 aromatic carbocycles. The standard InChI is InChI=1S/C13H23NO9S2/c1-2-3-4-5-6-9(14-23-25(19,20)21)24-13-12(18)11(17)10(16)8(7-15)22-13/h2,8,10-13,15-18H,1,3-7H2,(H,19,20,21)/b14-9+/t8-,10+,11-,12-,13-/m1/s1. The lowest BCUT2D eigenvalue weighted by Gasteiger charge is -2.39. The Morgan fingerprint density at radius 3 is 2.48 bits per heavy atom. The van der Waals surface area contributed by atoms with Crippen LogP contribution in [0, 0.1) is 0 Å². The number of aliphatic hydroxyl groups is 4. The zero-order valence-electron chi connectivity index (χ0n) is 13.3. The molecule has 25 heavy (non-hydrogen) atoms. The molecule has 0 saturated carbocycles. The summed E-state index contributed by atoms with van der Waals surface area (Å²) in [7, 11) is -4.79. The molecular formula is C13H23NO9S2. The van der Waals surface area contributed by atoms with E-state index in [4.69, 9.17) is 14.4 Å². The summed E-state index contributed by atoms with van der Waals surface area (Å²) in [4.78, 5) is 0. The van der Waals surface area contributed by atoms with Crippen molar-refractivity contribution in [2.24, 2.45) is 5.16 Å². The minimum atomic E-state index is -4.79. The largest absolute Gasteiger partial charge is 0.466 e. The molecule has 0 amide bonds. The van der Waals surface area contributed by atoms with E-state index in [0.29, 0.717) is 6.42 Å². The van der Waals surface area contributed by atoms with Gasteiger partial charge in [0.05, 0.1) is 6.61 Å². The molecule has 5 atom stereocenters. The maximum atomic E-state index is 10.7. The molecule has 0 spiro atoms. The van der Waals surface area contributed by atoms with Crippen molar-refractivity contribution in [2.75, 3.05) is 6.61 Å². The van der Waals surface area contributed by atoms with Gasteiger partial charge in [0.1, 0.15) is 34.9 Å². The highest BCUT2D eigenvalue weighted by Crippen LogP contribution is 2.30. The van der Waals surface area contributed by atoms with Crippen LogP contribution in [0.25, 0.3) is 0 Å². The molecule has 12 heteroatoms. The molecule has 0 aliphatic carbocycles. The third kappa shape index (κ3) is 7.58. The lowest BCUT2D eigenvalue weighted by atomic mass is 10.0. The van der Waals surface area contributed by atoms with Crippen LogP contribution in [0.1, 0.15) is 25.7 Å². The number of unbranched alkanes of at least 4 members (excludes halogenated alkanes) is 2. The van der Waals surface area contributed by atoms with Crippen molar-refractivity contribution < 1.29 is 42.4 Å². The molecule has 5 N–H and O–H groups in total. The minimum Gasteiger partial charge on any atom is -0.394 e. The molecule has 0 radical (unpaired) electrons. The second-order valence-corrected chi connectivity index (χ2v) is 7.51. The lowest BCUT2D eigenvalue weighted by molar-refractivity contribution is -0.205. The molecule has 1 aliphatic rings. The van der Waals surface area contributed by atoms with Crippen LogP contribution in [0.3, 0.4) is 0 Å². The zero-order valence-corrected chi connectivity index (χ0v) is 15.0. The Labute approximate surface area is 150 Å². The maximum absolute atomic E-state index is 10.7. The molecule has 10 nitrogen and oxygen atoms in total. The Morgan fingerprint density at radius 1 is 1.24 bits per heavy atom. The van der Waals surface area contributed by atoms with Crippen molar-refractivity contribution in [2.45, 2.75) is 55.5 Å². The average molecular weight is 401 g/mol. The minimum absolute atomic E-state index is 0.0889. The summed E-state index contributed by atoms with van der Waals surface area (Å²) in [5.74, 6) is 0. The van der Waals surface area contributed by atoms with Crippen LogP contribution in [0.15, 0.2) is 17.8 Å². The van der Waals surface area contributed by atoms with Gasteiger partial charge < -0.3 is 25.2 Å². The number of hydrogen-bond donors (Lipinski definition) is 5. The summed E-state index contributed by atoms with van der Waals surface area (Å²) in [6.45, 7) is 2.99. The number of hydrogen-bond acceptors (Lipinski definition) is 10. The van der Waals surface area contributed by atoms with Crippen LogP contribution >= 0.6 is 11.8 Å². The van der Waals surface area contributed by atoms with E-state index in [1.54, 1.807) is 6.08 Å². The van der Waals surface area contributed by atoms with Crippen molar-refractivity contribution in [3.05, 3.63) is 12.7 Å². The molecule has 0 aromatic heterocycles. The molecule has 1 heterocycles. The van der Waals surface area contributed by atoms with Gasteiger partial charge in [0.2, 0.25) is 0 Å². The van der Waals surface area contributed by atoms with Gasteiger partial charge in [-0.15, -0.1) is 6.58 Å². The Bertz CT molecular complexity index is 552. The number of thioether (sulfide) groups is 1. The first kappa shape index (κ1) is 22.3. The maximum Gasteiger partial charge on any atom is 0.466 e. The normalized spacial score (nSPS) is 30.9. The highest BCUT2D eigenvalue weighted by molar-refractivity contribution is 8.14. The van der Waals surface area contributed by atoms with Gasteiger partial charge in [-0.1, -0.05) is 23.0 Å². The van der Waals surface area contributed by atoms with E-state index in [0.717, 1.165) is 24.6 Å². The Kier molecular flexibility index (Phi) is 9.30. The van der Waals surface area contributed by atoms with Crippen molar-refractivity contribution in [3.63, 3.8) is 0 Å². The van der Waals surface area contributed by atoms with Gasteiger partial charge in [-0.25, -0.2) is 4.28 Å². The third-order valence-corrected chi connectivity index (χ3v) is 4.82. The molecule has 1 aliphatic heterocycles. The predicted molar refractivity (Wildman–Crippen MR) is 90.1 cm³/mol. The van der Waals surface area contributed by atoms with Gasteiger partial charge in [0, 0.05) is 0 Å². The fraction of sp³-hybridized carbons (Fsp3) is 0.769. The predicted octanol–water partition coefficient (Wildman–Crippen LogP) is -0.601. The summed E-state index contributed by atoms with van der Waals surface area (Å²) >= 11 is 0.767. The molecule has 146 valence electrons. The quantitative estimate of drug-likeness (QED) is 0.0840. The van der Waals surface area contributed by atoms with Crippen molar-refractivity contribution in [3.8, 4) is 0 Å². The van der Waals surface area contributed by atoms with E-state index >= 15 is 0 Å². The van der Waals surface area contributed by atoms with Gasteiger partial charge >= 0.3 is 10.4 Å². The van der Waals surface area contributed by atoms with Crippen molar-refractivity contribution in [1.29, 1.82) is 0 Å². The van der Waals surface area contributed by atoms with E-state index in [-0.39, 0.29) is 11.5 Å². The summed E-state index contributed by atoms with van der Waals surface area (Å²) in [5, 5.41) is 42.1. The monoisotopic (exact) mass is 401 g/mol. The SMILES string of the molecule is C=CCCCC/C(=N\OS(=O)(=O)O)S[C@H]1O[C@H](CO)[C@H](O)[C@@H](O)[C@H]1O.